The van der Waals surface area contributed by atoms with Gasteiger partial charge in [-0.25, -0.2) is 4.98 Å². The molecule has 1 saturated heterocycles. The van der Waals surface area contributed by atoms with E-state index in [1.54, 1.807) is 18.3 Å². The molecule has 4 rings (SSSR count). The molecule has 3 heterocycles. The van der Waals surface area contributed by atoms with E-state index in [2.05, 4.69) is 29.0 Å². The Bertz CT molecular complexity index is 1110. The van der Waals surface area contributed by atoms with Crippen LogP contribution >= 0.6 is 22.9 Å². The number of thiophene rings is 1. The van der Waals surface area contributed by atoms with Crippen LogP contribution in [0.3, 0.4) is 0 Å². The van der Waals surface area contributed by atoms with Crippen molar-refractivity contribution in [2.24, 2.45) is 0 Å². The average molecular weight is 469 g/mol. The van der Waals surface area contributed by atoms with Gasteiger partial charge < -0.3 is 15.1 Å². The lowest BCUT2D eigenvalue weighted by Crippen LogP contribution is -2.49. The van der Waals surface area contributed by atoms with E-state index in [1.807, 2.05) is 40.6 Å². The molecule has 0 unspecified atom stereocenters. The molecule has 1 aliphatic heterocycles. The summed E-state index contributed by atoms with van der Waals surface area (Å²) < 4.78 is 0. The Hall–Kier alpha value is -2.90. The van der Waals surface area contributed by atoms with Crippen LogP contribution in [-0.4, -0.2) is 47.9 Å². The van der Waals surface area contributed by atoms with Gasteiger partial charge in [-0.2, -0.15) is 0 Å². The van der Waals surface area contributed by atoms with Crippen molar-refractivity contribution in [2.75, 3.05) is 36.4 Å². The number of anilines is 2. The maximum atomic E-state index is 13.2. The second kappa shape index (κ2) is 9.71. The molecular weight excluding hydrogens is 444 g/mol. The topological polar surface area (TPSA) is 65.5 Å². The van der Waals surface area contributed by atoms with E-state index in [4.69, 9.17) is 11.6 Å². The van der Waals surface area contributed by atoms with Gasteiger partial charge in [0.05, 0.1) is 10.6 Å². The summed E-state index contributed by atoms with van der Waals surface area (Å²) in [4.78, 5) is 34.1. The highest BCUT2D eigenvalue weighted by molar-refractivity contribution is 7.14. The number of pyridine rings is 1. The fourth-order valence-electron chi connectivity index (χ4n) is 3.67. The van der Waals surface area contributed by atoms with Gasteiger partial charge in [-0.3, -0.25) is 9.59 Å². The van der Waals surface area contributed by atoms with Gasteiger partial charge in [-0.15, -0.1) is 11.3 Å². The highest BCUT2D eigenvalue weighted by Crippen LogP contribution is 2.28. The minimum absolute atomic E-state index is 0.0801. The second-order valence-electron chi connectivity index (χ2n) is 7.98. The van der Waals surface area contributed by atoms with Crippen LogP contribution in [0.1, 0.15) is 46.0 Å². The van der Waals surface area contributed by atoms with E-state index in [9.17, 15) is 9.59 Å². The number of piperazine rings is 1. The Kier molecular flexibility index (Phi) is 6.77. The molecular formula is C24H25ClN4O2S. The summed E-state index contributed by atoms with van der Waals surface area (Å²) in [6.45, 7) is 6.65. The highest BCUT2D eigenvalue weighted by Gasteiger charge is 2.26. The summed E-state index contributed by atoms with van der Waals surface area (Å²) in [6.07, 6.45) is 1.72. The molecule has 0 spiro atoms. The zero-order chi connectivity index (χ0) is 22.7. The third kappa shape index (κ3) is 4.79. The molecule has 8 heteroatoms. The third-order valence-corrected chi connectivity index (χ3v) is 6.69. The molecule has 1 aliphatic rings. The van der Waals surface area contributed by atoms with Crippen LogP contribution < -0.4 is 10.2 Å². The van der Waals surface area contributed by atoms with E-state index in [0.717, 1.165) is 5.82 Å². The van der Waals surface area contributed by atoms with Gasteiger partial charge >= 0.3 is 0 Å². The molecule has 3 aromatic rings. The van der Waals surface area contributed by atoms with Crippen molar-refractivity contribution in [3.05, 3.63) is 75.8 Å². The number of nitrogens with one attached hydrogen (secondary N) is 1. The first-order valence-electron chi connectivity index (χ1n) is 10.6. The number of benzene rings is 1. The maximum absolute atomic E-state index is 13.2. The van der Waals surface area contributed by atoms with Gasteiger partial charge in [0.15, 0.2) is 0 Å². The summed E-state index contributed by atoms with van der Waals surface area (Å²) in [5.41, 5.74) is 2.27. The van der Waals surface area contributed by atoms with Gasteiger partial charge in [0.25, 0.3) is 11.8 Å². The molecule has 2 aromatic heterocycles. The molecule has 1 N–H and O–H groups in total. The average Bonchev–Trinajstić information content (AvgIpc) is 3.27. The summed E-state index contributed by atoms with van der Waals surface area (Å²) in [5, 5.41) is 5.92. The van der Waals surface area contributed by atoms with Crippen LogP contribution in [0.5, 0.6) is 0 Å². The number of carbonyl (C=O) groups excluding carboxylic acids is 2. The van der Waals surface area contributed by atoms with Crippen molar-refractivity contribution in [1.29, 1.82) is 0 Å². The zero-order valence-corrected chi connectivity index (χ0v) is 19.6. The lowest BCUT2D eigenvalue weighted by Gasteiger charge is -2.35. The predicted octanol–water partition coefficient (Wildman–Crippen LogP) is 5.13. The Labute approximate surface area is 196 Å². The smallest absolute Gasteiger partial charge is 0.256 e. The minimum Gasteiger partial charge on any atom is -0.352 e. The van der Waals surface area contributed by atoms with Crippen molar-refractivity contribution in [3.63, 3.8) is 0 Å². The van der Waals surface area contributed by atoms with Crippen LogP contribution in [0.15, 0.2) is 54.0 Å². The summed E-state index contributed by atoms with van der Waals surface area (Å²) in [7, 11) is 0. The normalized spacial score (nSPS) is 14.0. The van der Waals surface area contributed by atoms with Crippen LogP contribution in [-0.2, 0) is 0 Å². The van der Waals surface area contributed by atoms with Crippen molar-refractivity contribution < 1.29 is 9.59 Å². The molecule has 0 atom stereocenters. The first kappa shape index (κ1) is 22.3. The number of amides is 2. The van der Waals surface area contributed by atoms with Crippen LogP contribution in [0.25, 0.3) is 0 Å². The Morgan fingerprint density at radius 1 is 1.06 bits per heavy atom. The van der Waals surface area contributed by atoms with Crippen LogP contribution in [0.4, 0.5) is 10.8 Å². The molecule has 1 aromatic carbocycles. The molecule has 0 radical (unpaired) electrons. The summed E-state index contributed by atoms with van der Waals surface area (Å²) in [6, 6.07) is 13.0. The monoisotopic (exact) mass is 468 g/mol. The zero-order valence-electron chi connectivity index (χ0n) is 18.0. The molecule has 32 heavy (non-hydrogen) atoms. The van der Waals surface area contributed by atoms with Gasteiger partial charge in [-0.1, -0.05) is 37.6 Å². The van der Waals surface area contributed by atoms with Gasteiger partial charge in [0, 0.05) is 37.9 Å². The number of rotatable bonds is 5. The standard InChI is InChI=1S/C24H25ClN4O2S/c1-16(2)17-5-7-18(8-6-17)22(30)27-23-19(9-15-32-23)24(31)29-13-11-28(12-14-29)21-20(25)4-3-10-26-21/h3-10,15-16H,11-14H2,1-2H3,(H,27,30). The van der Waals surface area contributed by atoms with E-state index >= 15 is 0 Å². The molecule has 0 saturated carbocycles. The quantitative estimate of drug-likeness (QED) is 0.563. The number of aromatic nitrogens is 1. The fourth-order valence-corrected chi connectivity index (χ4v) is 4.69. The molecule has 166 valence electrons. The van der Waals surface area contributed by atoms with Gasteiger partial charge in [0.2, 0.25) is 0 Å². The molecule has 2 amide bonds. The summed E-state index contributed by atoms with van der Waals surface area (Å²) >= 11 is 7.61. The highest BCUT2D eigenvalue weighted by atomic mass is 35.5. The van der Waals surface area contributed by atoms with E-state index in [0.29, 0.717) is 53.2 Å². The summed E-state index contributed by atoms with van der Waals surface area (Å²) in [5.74, 6) is 0.853. The third-order valence-electron chi connectivity index (χ3n) is 5.57. The number of hydrogen-bond acceptors (Lipinski definition) is 5. The molecule has 6 nitrogen and oxygen atoms in total. The van der Waals surface area contributed by atoms with Gasteiger partial charge in [-0.05, 0) is 47.2 Å². The number of halogens is 1. The van der Waals surface area contributed by atoms with Crippen LogP contribution in [0, 0.1) is 0 Å². The first-order chi connectivity index (χ1) is 15.4. The number of carbonyl (C=O) groups is 2. The first-order valence-corrected chi connectivity index (χ1v) is 11.8. The second-order valence-corrected chi connectivity index (χ2v) is 9.31. The lowest BCUT2D eigenvalue weighted by molar-refractivity contribution is 0.0748. The molecule has 0 bridgehead atoms. The van der Waals surface area contributed by atoms with E-state index in [-0.39, 0.29) is 11.8 Å². The van der Waals surface area contributed by atoms with Crippen molar-refractivity contribution >= 4 is 45.6 Å². The van der Waals surface area contributed by atoms with Crippen LogP contribution in [0.2, 0.25) is 5.02 Å². The Balaban J connectivity index is 1.40. The minimum atomic E-state index is -0.216. The number of nitrogens with zero attached hydrogens (tertiary/aromatic N) is 3. The molecule has 1 fully saturated rings. The Morgan fingerprint density at radius 3 is 2.44 bits per heavy atom. The maximum Gasteiger partial charge on any atom is 0.256 e. The van der Waals surface area contributed by atoms with E-state index in [1.165, 1.54) is 16.9 Å². The van der Waals surface area contributed by atoms with Gasteiger partial charge in [0.1, 0.15) is 10.8 Å². The fraction of sp³-hybridized carbons (Fsp3) is 0.292. The van der Waals surface area contributed by atoms with Crippen molar-refractivity contribution in [2.45, 2.75) is 19.8 Å². The largest absolute Gasteiger partial charge is 0.352 e. The van der Waals surface area contributed by atoms with Crippen molar-refractivity contribution in [1.82, 2.24) is 9.88 Å². The Morgan fingerprint density at radius 2 is 1.78 bits per heavy atom. The van der Waals surface area contributed by atoms with E-state index < -0.39 is 0 Å². The number of hydrogen-bond donors (Lipinski definition) is 1. The molecule has 0 aliphatic carbocycles. The predicted molar refractivity (Wildman–Crippen MR) is 130 cm³/mol. The SMILES string of the molecule is CC(C)c1ccc(C(=O)Nc2sccc2C(=O)N2CCN(c3ncccc3Cl)CC2)cc1. The lowest BCUT2D eigenvalue weighted by atomic mass is 10.0. The van der Waals surface area contributed by atoms with Crippen molar-refractivity contribution in [3.8, 4) is 0 Å².